The predicted octanol–water partition coefficient (Wildman–Crippen LogP) is 8.59. The first kappa shape index (κ1) is 23.5. The van der Waals surface area contributed by atoms with Gasteiger partial charge in [-0.05, 0) is 47.9 Å². The highest BCUT2D eigenvalue weighted by Crippen LogP contribution is 2.41. The highest BCUT2D eigenvalue weighted by Gasteiger charge is 2.22. The Morgan fingerprint density at radius 3 is 1.37 bits per heavy atom. The second kappa shape index (κ2) is 9.20. The molecule has 0 atom stereocenters. The van der Waals surface area contributed by atoms with E-state index < -0.39 is 0 Å². The molecular formula is C35H26O3. The summed E-state index contributed by atoms with van der Waals surface area (Å²) in [5.41, 5.74) is 5.52. The molecule has 0 aliphatic rings. The number of rotatable bonds is 4. The zero-order valence-electron chi connectivity index (χ0n) is 21.2. The van der Waals surface area contributed by atoms with E-state index in [1.54, 1.807) is 0 Å². The lowest BCUT2D eigenvalue weighted by atomic mass is 9.87. The standard InChI is InChI=1S/C35H26O3/c1-21-11-15-27(31(19-21)29-17-13-23-7-3-5-9-25(23)33(29)36)35(38)28-16-12-22(2)20-32(28)30-18-14-24-8-4-6-10-26(24)34(30)37/h3-20,36-37H,1-2H3. The molecule has 2 N–H and O–H groups in total. The topological polar surface area (TPSA) is 57.5 Å². The Hall–Kier alpha value is -4.89. The molecule has 3 heteroatoms. The molecule has 0 amide bonds. The minimum absolute atomic E-state index is 0.152. The molecule has 0 bridgehead atoms. The average Bonchev–Trinajstić information content (AvgIpc) is 2.93. The minimum Gasteiger partial charge on any atom is -0.507 e. The Morgan fingerprint density at radius 2 is 0.921 bits per heavy atom. The lowest BCUT2D eigenvalue weighted by Gasteiger charge is -2.16. The van der Waals surface area contributed by atoms with Crippen molar-refractivity contribution in [1.29, 1.82) is 0 Å². The maximum absolute atomic E-state index is 14.2. The van der Waals surface area contributed by atoms with Crippen molar-refractivity contribution in [3.63, 3.8) is 0 Å². The first-order chi connectivity index (χ1) is 18.4. The minimum atomic E-state index is -0.171. The van der Waals surface area contributed by atoms with Gasteiger partial charge in [0.05, 0.1) is 0 Å². The van der Waals surface area contributed by atoms with E-state index in [1.165, 1.54) is 0 Å². The second-order valence-corrected chi connectivity index (χ2v) is 9.79. The molecule has 38 heavy (non-hydrogen) atoms. The third-order valence-electron chi connectivity index (χ3n) is 7.22. The Kier molecular flexibility index (Phi) is 5.69. The molecule has 0 fully saturated rings. The number of carbonyl (C=O) groups is 1. The van der Waals surface area contributed by atoms with E-state index in [-0.39, 0.29) is 17.3 Å². The van der Waals surface area contributed by atoms with Gasteiger partial charge in [0.2, 0.25) is 0 Å². The molecule has 6 aromatic carbocycles. The molecular weight excluding hydrogens is 468 g/mol. The van der Waals surface area contributed by atoms with Crippen LogP contribution in [0.3, 0.4) is 0 Å². The molecule has 184 valence electrons. The Bertz CT molecular complexity index is 1740. The zero-order valence-corrected chi connectivity index (χ0v) is 21.2. The summed E-state index contributed by atoms with van der Waals surface area (Å²) in [4.78, 5) is 14.2. The number of aryl methyl sites for hydroxylation is 2. The summed E-state index contributed by atoms with van der Waals surface area (Å²) in [6, 6.07) is 34.4. The molecule has 0 unspecified atom stereocenters. The Morgan fingerprint density at radius 1 is 0.500 bits per heavy atom. The van der Waals surface area contributed by atoms with E-state index in [2.05, 4.69) is 0 Å². The maximum Gasteiger partial charge on any atom is 0.194 e. The second-order valence-electron chi connectivity index (χ2n) is 9.79. The lowest BCUT2D eigenvalue weighted by Crippen LogP contribution is -2.06. The molecule has 0 saturated heterocycles. The molecule has 6 aromatic rings. The molecule has 6 rings (SSSR count). The third kappa shape index (κ3) is 3.89. The van der Waals surface area contributed by atoms with Crippen LogP contribution in [0.2, 0.25) is 0 Å². The molecule has 0 aliphatic carbocycles. The van der Waals surface area contributed by atoms with Crippen molar-refractivity contribution in [1.82, 2.24) is 0 Å². The summed E-state index contributed by atoms with van der Waals surface area (Å²) < 4.78 is 0. The van der Waals surface area contributed by atoms with Crippen molar-refractivity contribution in [2.75, 3.05) is 0 Å². The van der Waals surface area contributed by atoms with Crippen molar-refractivity contribution in [2.45, 2.75) is 13.8 Å². The van der Waals surface area contributed by atoms with Gasteiger partial charge in [-0.2, -0.15) is 0 Å². The predicted molar refractivity (Wildman–Crippen MR) is 155 cm³/mol. The SMILES string of the molecule is Cc1ccc(C(=O)c2ccc(C)cc2-c2ccc3ccccc3c2O)c(-c2ccc3ccccc3c2O)c1. The van der Waals surface area contributed by atoms with Crippen LogP contribution in [0, 0.1) is 13.8 Å². The third-order valence-corrected chi connectivity index (χ3v) is 7.22. The first-order valence-corrected chi connectivity index (χ1v) is 12.6. The largest absolute Gasteiger partial charge is 0.507 e. The van der Waals surface area contributed by atoms with E-state index in [4.69, 9.17) is 0 Å². The number of benzene rings is 6. The van der Waals surface area contributed by atoms with Crippen LogP contribution in [0.4, 0.5) is 0 Å². The fraction of sp³-hybridized carbons (Fsp3) is 0.0571. The van der Waals surface area contributed by atoms with E-state index in [0.29, 0.717) is 33.4 Å². The number of phenolic OH excluding ortho intramolecular Hbond substituents is 2. The molecule has 0 heterocycles. The number of ketones is 1. The molecule has 0 aliphatic heterocycles. The number of hydrogen-bond acceptors (Lipinski definition) is 3. The number of phenols is 2. The fourth-order valence-electron chi connectivity index (χ4n) is 5.25. The van der Waals surface area contributed by atoms with Gasteiger partial charge in [-0.3, -0.25) is 4.79 Å². The van der Waals surface area contributed by atoms with Gasteiger partial charge in [0, 0.05) is 33.0 Å². The van der Waals surface area contributed by atoms with Crippen LogP contribution in [0.1, 0.15) is 27.0 Å². The highest BCUT2D eigenvalue weighted by molar-refractivity contribution is 6.17. The summed E-state index contributed by atoms with van der Waals surface area (Å²) >= 11 is 0. The van der Waals surface area contributed by atoms with Crippen LogP contribution in [-0.4, -0.2) is 16.0 Å². The van der Waals surface area contributed by atoms with Gasteiger partial charge in [-0.15, -0.1) is 0 Å². The Labute approximate surface area is 221 Å². The van der Waals surface area contributed by atoms with Crippen LogP contribution in [0.25, 0.3) is 43.8 Å². The van der Waals surface area contributed by atoms with Crippen molar-refractivity contribution in [3.05, 3.63) is 131 Å². The van der Waals surface area contributed by atoms with Crippen LogP contribution in [0.5, 0.6) is 11.5 Å². The monoisotopic (exact) mass is 494 g/mol. The van der Waals surface area contributed by atoms with E-state index in [0.717, 1.165) is 32.7 Å². The maximum atomic E-state index is 14.2. The number of carbonyl (C=O) groups excluding carboxylic acids is 1. The van der Waals surface area contributed by atoms with Gasteiger partial charge in [0.25, 0.3) is 0 Å². The van der Waals surface area contributed by atoms with Crippen molar-refractivity contribution >= 4 is 27.3 Å². The lowest BCUT2D eigenvalue weighted by molar-refractivity contribution is 0.104. The first-order valence-electron chi connectivity index (χ1n) is 12.6. The molecule has 0 aromatic heterocycles. The average molecular weight is 495 g/mol. The van der Waals surface area contributed by atoms with Gasteiger partial charge in [-0.25, -0.2) is 0 Å². The number of hydrogen-bond donors (Lipinski definition) is 2. The smallest absolute Gasteiger partial charge is 0.194 e. The molecule has 0 spiro atoms. The van der Waals surface area contributed by atoms with E-state index >= 15 is 0 Å². The summed E-state index contributed by atoms with van der Waals surface area (Å²) in [5, 5.41) is 25.8. The van der Waals surface area contributed by atoms with Crippen LogP contribution in [0.15, 0.2) is 109 Å². The van der Waals surface area contributed by atoms with Crippen molar-refractivity contribution in [2.24, 2.45) is 0 Å². The molecule has 0 radical (unpaired) electrons. The quantitative estimate of drug-likeness (QED) is 0.241. The van der Waals surface area contributed by atoms with Crippen molar-refractivity contribution < 1.29 is 15.0 Å². The van der Waals surface area contributed by atoms with Crippen LogP contribution >= 0.6 is 0 Å². The summed E-state index contributed by atoms with van der Waals surface area (Å²) in [5.74, 6) is 0.133. The summed E-state index contributed by atoms with van der Waals surface area (Å²) in [6.07, 6.45) is 0. The zero-order chi connectivity index (χ0) is 26.4. The van der Waals surface area contributed by atoms with Gasteiger partial charge in [-0.1, -0.05) is 108 Å². The Balaban J connectivity index is 1.55. The summed E-state index contributed by atoms with van der Waals surface area (Å²) in [6.45, 7) is 3.94. The number of aromatic hydroxyl groups is 2. The normalized spacial score (nSPS) is 11.2. The molecule has 0 saturated carbocycles. The fourth-order valence-corrected chi connectivity index (χ4v) is 5.25. The van der Waals surface area contributed by atoms with Gasteiger partial charge >= 0.3 is 0 Å². The van der Waals surface area contributed by atoms with Crippen LogP contribution in [-0.2, 0) is 0 Å². The summed E-state index contributed by atoms with van der Waals surface area (Å²) in [7, 11) is 0. The number of fused-ring (bicyclic) bond motifs is 2. The van der Waals surface area contributed by atoms with Gasteiger partial charge < -0.3 is 10.2 Å². The highest BCUT2D eigenvalue weighted by atomic mass is 16.3. The van der Waals surface area contributed by atoms with E-state index in [9.17, 15) is 15.0 Å². The molecule has 3 nitrogen and oxygen atoms in total. The van der Waals surface area contributed by atoms with Gasteiger partial charge in [0.15, 0.2) is 5.78 Å². The van der Waals surface area contributed by atoms with E-state index in [1.807, 2.05) is 123 Å². The van der Waals surface area contributed by atoms with Crippen LogP contribution < -0.4 is 0 Å². The van der Waals surface area contributed by atoms with Crippen molar-refractivity contribution in [3.8, 4) is 33.8 Å². The van der Waals surface area contributed by atoms with Gasteiger partial charge in [0.1, 0.15) is 11.5 Å².